The molecule has 4 bridgehead atoms. The molecule has 1 N–H and O–H groups in total. The Morgan fingerprint density at radius 1 is 1.26 bits per heavy atom. The van der Waals surface area contributed by atoms with Crippen LogP contribution in [0.4, 0.5) is 0 Å². The third-order valence-electron chi connectivity index (χ3n) is 6.94. The molecule has 2 aromatic rings. The van der Waals surface area contributed by atoms with Gasteiger partial charge in [-0.2, -0.15) is 5.10 Å². The Labute approximate surface area is 164 Å². The third kappa shape index (κ3) is 3.12. The van der Waals surface area contributed by atoms with Crippen LogP contribution in [0.25, 0.3) is 5.13 Å². The number of amides is 1. The van der Waals surface area contributed by atoms with Gasteiger partial charge < -0.3 is 5.32 Å². The van der Waals surface area contributed by atoms with Gasteiger partial charge in [-0.1, -0.05) is 13.8 Å². The minimum atomic E-state index is 0.0252. The summed E-state index contributed by atoms with van der Waals surface area (Å²) in [4.78, 5) is 17.4. The summed E-state index contributed by atoms with van der Waals surface area (Å²) < 4.78 is 1.75. The maximum absolute atomic E-state index is 13.1. The summed E-state index contributed by atoms with van der Waals surface area (Å²) in [6, 6.07) is 0. The van der Waals surface area contributed by atoms with Gasteiger partial charge in [0.05, 0.1) is 11.3 Å². The molecule has 2 heterocycles. The van der Waals surface area contributed by atoms with Crippen molar-refractivity contribution >= 4 is 17.2 Å². The topological polar surface area (TPSA) is 59.8 Å². The summed E-state index contributed by atoms with van der Waals surface area (Å²) in [5.74, 6) is 2.95. The predicted octanol–water partition coefficient (Wildman–Crippen LogP) is 4.40. The molecule has 1 amide bonds. The minimum absolute atomic E-state index is 0.0252. The second-order valence-electron chi connectivity index (χ2n) is 9.44. The highest BCUT2D eigenvalue weighted by Gasteiger charge is 2.50. The predicted molar refractivity (Wildman–Crippen MR) is 106 cm³/mol. The Balaban J connectivity index is 1.34. The molecular weight excluding hydrogens is 356 g/mol. The van der Waals surface area contributed by atoms with Crippen LogP contribution in [0.3, 0.4) is 0 Å². The van der Waals surface area contributed by atoms with Gasteiger partial charge in [-0.05, 0) is 67.6 Å². The van der Waals surface area contributed by atoms with E-state index in [1.54, 1.807) is 10.9 Å². The molecule has 0 aromatic carbocycles. The Hall–Kier alpha value is -1.69. The summed E-state index contributed by atoms with van der Waals surface area (Å²) in [6.07, 6.45) is 11.9. The van der Waals surface area contributed by atoms with E-state index in [1.165, 1.54) is 49.9 Å². The van der Waals surface area contributed by atoms with E-state index in [4.69, 9.17) is 0 Å². The van der Waals surface area contributed by atoms with E-state index in [0.717, 1.165) is 35.1 Å². The van der Waals surface area contributed by atoms with Crippen LogP contribution in [-0.2, 0) is 0 Å². The van der Waals surface area contributed by atoms with Crippen molar-refractivity contribution in [1.82, 2.24) is 20.1 Å². The number of hydrogen-bond acceptors (Lipinski definition) is 4. The average molecular weight is 385 g/mol. The minimum Gasteiger partial charge on any atom is -0.351 e. The average Bonchev–Trinajstić information content (AvgIpc) is 3.28. The quantitative estimate of drug-likeness (QED) is 0.831. The van der Waals surface area contributed by atoms with Gasteiger partial charge in [-0.25, -0.2) is 9.67 Å². The zero-order valence-electron chi connectivity index (χ0n) is 16.1. The van der Waals surface area contributed by atoms with Crippen LogP contribution >= 0.6 is 11.3 Å². The largest absolute Gasteiger partial charge is 0.351 e. The van der Waals surface area contributed by atoms with E-state index < -0.39 is 0 Å². The van der Waals surface area contributed by atoms with Gasteiger partial charge in [0.2, 0.25) is 5.13 Å². The molecular formula is C21H28N4OS. The van der Waals surface area contributed by atoms with Gasteiger partial charge >= 0.3 is 0 Å². The van der Waals surface area contributed by atoms with E-state index in [2.05, 4.69) is 29.2 Å². The van der Waals surface area contributed by atoms with Gasteiger partial charge in [0, 0.05) is 24.3 Å². The molecule has 6 rings (SSSR count). The van der Waals surface area contributed by atoms with E-state index >= 15 is 0 Å². The highest BCUT2D eigenvalue weighted by atomic mass is 32.1. The molecule has 0 atom stereocenters. The molecule has 0 radical (unpaired) electrons. The van der Waals surface area contributed by atoms with E-state index in [9.17, 15) is 4.79 Å². The summed E-state index contributed by atoms with van der Waals surface area (Å²) in [7, 11) is 0. The lowest BCUT2D eigenvalue weighted by atomic mass is 9.49. The second-order valence-corrected chi connectivity index (χ2v) is 10.3. The molecule has 4 saturated carbocycles. The third-order valence-corrected chi connectivity index (χ3v) is 7.70. The van der Waals surface area contributed by atoms with Crippen molar-refractivity contribution in [3.63, 3.8) is 0 Å². The lowest BCUT2D eigenvalue weighted by molar-refractivity contribution is -0.0503. The smallest absolute Gasteiger partial charge is 0.254 e. The zero-order chi connectivity index (χ0) is 18.6. The fourth-order valence-corrected chi connectivity index (χ4v) is 6.85. The molecule has 2 aromatic heterocycles. The van der Waals surface area contributed by atoms with Crippen LogP contribution in [-0.4, -0.2) is 27.2 Å². The van der Waals surface area contributed by atoms with Crippen molar-refractivity contribution in [2.75, 3.05) is 6.54 Å². The lowest BCUT2D eigenvalue weighted by Crippen LogP contribution is -2.51. The van der Waals surface area contributed by atoms with Crippen molar-refractivity contribution in [2.24, 2.45) is 23.2 Å². The molecule has 0 unspecified atom stereocenters. The first-order valence-electron chi connectivity index (χ1n) is 10.3. The Kier molecular flexibility index (Phi) is 4.15. The number of aromatic nitrogens is 3. The van der Waals surface area contributed by atoms with Crippen molar-refractivity contribution in [3.8, 4) is 5.13 Å². The SMILES string of the molecule is CC(C)c1nn(-c2nccs2)cc1C(=O)NCC12CC3CC(CC(C3)C1)C2. The van der Waals surface area contributed by atoms with Crippen molar-refractivity contribution in [1.29, 1.82) is 0 Å². The Morgan fingerprint density at radius 2 is 1.93 bits per heavy atom. The van der Waals surface area contributed by atoms with Crippen LogP contribution in [0.2, 0.25) is 0 Å². The van der Waals surface area contributed by atoms with E-state index in [-0.39, 0.29) is 11.8 Å². The van der Waals surface area contributed by atoms with Gasteiger partial charge in [-0.15, -0.1) is 11.3 Å². The van der Waals surface area contributed by atoms with Crippen LogP contribution in [0.1, 0.15) is 74.3 Å². The first kappa shape index (κ1) is 17.4. The van der Waals surface area contributed by atoms with Gasteiger partial charge in [0.25, 0.3) is 5.91 Å². The molecule has 4 fully saturated rings. The van der Waals surface area contributed by atoms with Crippen molar-refractivity contribution < 1.29 is 4.79 Å². The Morgan fingerprint density at radius 3 is 2.48 bits per heavy atom. The van der Waals surface area contributed by atoms with Gasteiger partial charge in [-0.3, -0.25) is 4.79 Å². The Bertz CT molecular complexity index is 803. The van der Waals surface area contributed by atoms with Gasteiger partial charge in [0.15, 0.2) is 0 Å². The van der Waals surface area contributed by atoms with Crippen molar-refractivity contribution in [3.05, 3.63) is 29.0 Å². The van der Waals surface area contributed by atoms with E-state index in [1.807, 2.05) is 11.6 Å². The number of rotatable bonds is 5. The first-order valence-corrected chi connectivity index (χ1v) is 11.2. The maximum Gasteiger partial charge on any atom is 0.254 e. The number of carbonyl (C=O) groups excluding carboxylic acids is 1. The van der Waals surface area contributed by atoms with E-state index in [0.29, 0.717) is 11.0 Å². The number of carbonyl (C=O) groups is 1. The number of hydrogen-bond donors (Lipinski definition) is 1. The fraction of sp³-hybridized carbons (Fsp3) is 0.667. The lowest BCUT2D eigenvalue weighted by Gasteiger charge is -2.56. The summed E-state index contributed by atoms with van der Waals surface area (Å²) in [5, 5.41) is 10.7. The molecule has 27 heavy (non-hydrogen) atoms. The molecule has 6 heteroatoms. The standard InChI is InChI=1S/C21H28N4OS/c1-13(2)18-17(11-25(24-18)20-22-3-4-27-20)19(26)23-12-21-8-14-5-15(9-21)7-16(6-14)10-21/h3-4,11,13-16H,5-10,12H2,1-2H3,(H,23,26). The second kappa shape index (κ2) is 6.43. The van der Waals surface area contributed by atoms with Gasteiger partial charge in [0.1, 0.15) is 0 Å². The van der Waals surface area contributed by atoms with Crippen LogP contribution in [0.5, 0.6) is 0 Å². The molecule has 144 valence electrons. The maximum atomic E-state index is 13.1. The summed E-state index contributed by atoms with van der Waals surface area (Å²) >= 11 is 1.53. The van der Waals surface area contributed by atoms with Crippen molar-refractivity contribution in [2.45, 2.75) is 58.3 Å². The fourth-order valence-electron chi connectivity index (χ4n) is 6.29. The molecule has 4 aliphatic carbocycles. The molecule has 0 aliphatic heterocycles. The molecule has 0 saturated heterocycles. The first-order chi connectivity index (χ1) is 13.0. The van der Waals surface area contributed by atoms with Crippen LogP contribution < -0.4 is 5.32 Å². The number of nitrogens with one attached hydrogen (secondary N) is 1. The number of nitrogens with zero attached hydrogens (tertiary/aromatic N) is 3. The monoisotopic (exact) mass is 384 g/mol. The molecule has 4 aliphatic rings. The highest BCUT2D eigenvalue weighted by Crippen LogP contribution is 2.59. The van der Waals surface area contributed by atoms with Crippen LogP contribution in [0.15, 0.2) is 17.8 Å². The number of thiazole rings is 1. The summed E-state index contributed by atoms with van der Waals surface area (Å²) in [6.45, 7) is 5.00. The normalized spacial score (nSPS) is 31.6. The zero-order valence-corrected chi connectivity index (χ0v) is 17.0. The summed E-state index contributed by atoms with van der Waals surface area (Å²) in [5.41, 5.74) is 1.91. The highest BCUT2D eigenvalue weighted by molar-refractivity contribution is 7.12. The van der Waals surface area contributed by atoms with Crippen LogP contribution in [0, 0.1) is 23.2 Å². The molecule has 5 nitrogen and oxygen atoms in total. The molecule has 0 spiro atoms.